The van der Waals surface area contributed by atoms with Gasteiger partial charge in [-0.15, -0.1) is 0 Å². The highest BCUT2D eigenvalue weighted by Gasteiger charge is 2.39. The van der Waals surface area contributed by atoms with Crippen LogP contribution in [0.25, 0.3) is 0 Å². The molecule has 1 aliphatic carbocycles. The lowest BCUT2D eigenvalue weighted by Gasteiger charge is -2.12. The van der Waals surface area contributed by atoms with Crippen LogP contribution >= 0.6 is 0 Å². The molecule has 0 saturated heterocycles. The molecule has 116 valence electrons. The van der Waals surface area contributed by atoms with Crippen LogP contribution in [0.5, 0.6) is 0 Å². The maximum absolute atomic E-state index is 12.9. The van der Waals surface area contributed by atoms with Crippen LogP contribution in [-0.4, -0.2) is 18.5 Å². The van der Waals surface area contributed by atoms with Crippen LogP contribution in [0.2, 0.25) is 0 Å². The van der Waals surface area contributed by atoms with E-state index < -0.39 is 29.2 Å². The molecule has 0 aromatic heterocycles. The van der Waals surface area contributed by atoms with E-state index in [9.17, 15) is 26.3 Å². The lowest BCUT2D eigenvalue weighted by Crippen LogP contribution is -2.25. The number of benzene rings is 1. The number of oxime groups is 1. The Morgan fingerprint density at radius 3 is 2.33 bits per heavy atom. The first-order valence-corrected chi connectivity index (χ1v) is 6.12. The van der Waals surface area contributed by atoms with Gasteiger partial charge in [0.15, 0.2) is 5.71 Å². The van der Waals surface area contributed by atoms with Crippen LogP contribution in [0.3, 0.4) is 0 Å². The van der Waals surface area contributed by atoms with Gasteiger partial charge in [0, 0.05) is 5.56 Å². The quantitative estimate of drug-likeness (QED) is 0.459. The monoisotopic (exact) mass is 311 g/mol. The van der Waals surface area contributed by atoms with Crippen molar-refractivity contribution in [3.63, 3.8) is 0 Å². The molecule has 0 unspecified atom stereocenters. The zero-order valence-corrected chi connectivity index (χ0v) is 10.6. The van der Waals surface area contributed by atoms with Crippen molar-refractivity contribution < 1.29 is 31.2 Å². The van der Waals surface area contributed by atoms with Gasteiger partial charge < -0.3 is 4.84 Å². The van der Waals surface area contributed by atoms with Crippen molar-refractivity contribution in [1.82, 2.24) is 0 Å². The SMILES string of the molecule is FC(F)(F)C(=NOCC1CC1)c1cccc(C(F)(F)F)c1. The van der Waals surface area contributed by atoms with Crippen LogP contribution < -0.4 is 0 Å². The van der Waals surface area contributed by atoms with Crippen molar-refractivity contribution in [3.8, 4) is 0 Å². The van der Waals surface area contributed by atoms with E-state index in [1.165, 1.54) is 0 Å². The summed E-state index contributed by atoms with van der Waals surface area (Å²) < 4.78 is 76.3. The van der Waals surface area contributed by atoms with E-state index in [1.807, 2.05) is 0 Å². The summed E-state index contributed by atoms with van der Waals surface area (Å²) >= 11 is 0. The van der Waals surface area contributed by atoms with Crippen molar-refractivity contribution >= 4 is 5.71 Å². The summed E-state index contributed by atoms with van der Waals surface area (Å²) in [5.74, 6) is 0.185. The second-order valence-corrected chi connectivity index (χ2v) is 4.76. The molecule has 0 radical (unpaired) electrons. The Balaban J connectivity index is 2.27. The van der Waals surface area contributed by atoms with E-state index in [2.05, 4.69) is 9.99 Å². The van der Waals surface area contributed by atoms with Gasteiger partial charge >= 0.3 is 12.4 Å². The standard InChI is InChI=1S/C13H11F6NO/c14-12(15,16)10-3-1-2-9(6-10)11(13(17,18)19)20-21-7-8-4-5-8/h1-3,6,8H,4-5,7H2. The summed E-state index contributed by atoms with van der Waals surface area (Å²) in [5.41, 5.74) is -3.30. The van der Waals surface area contributed by atoms with E-state index in [-0.39, 0.29) is 12.5 Å². The Morgan fingerprint density at radius 2 is 1.81 bits per heavy atom. The predicted octanol–water partition coefficient (Wildman–Crippen LogP) is 4.40. The minimum atomic E-state index is -4.90. The molecule has 8 heteroatoms. The molecule has 1 saturated carbocycles. The number of hydrogen-bond donors (Lipinski definition) is 0. The first-order valence-electron chi connectivity index (χ1n) is 6.12. The first-order chi connectivity index (χ1) is 9.68. The predicted molar refractivity (Wildman–Crippen MR) is 62.7 cm³/mol. The van der Waals surface area contributed by atoms with Crippen molar-refractivity contribution in [1.29, 1.82) is 0 Å². The van der Waals surface area contributed by atoms with Gasteiger partial charge in [0.1, 0.15) is 6.61 Å². The molecule has 0 heterocycles. The fourth-order valence-electron chi connectivity index (χ4n) is 1.60. The highest BCUT2D eigenvalue weighted by Crippen LogP contribution is 2.32. The Labute approximate surface area is 116 Å². The van der Waals surface area contributed by atoms with Gasteiger partial charge in [-0.05, 0) is 30.9 Å². The highest BCUT2D eigenvalue weighted by molar-refractivity contribution is 6.04. The fourth-order valence-corrected chi connectivity index (χ4v) is 1.60. The lowest BCUT2D eigenvalue weighted by atomic mass is 10.1. The normalized spacial score (nSPS) is 17.0. The van der Waals surface area contributed by atoms with Gasteiger partial charge in [-0.25, -0.2) is 0 Å². The Kier molecular flexibility index (Phi) is 4.15. The molecule has 1 fully saturated rings. The number of halogens is 6. The van der Waals surface area contributed by atoms with Crippen molar-refractivity contribution in [2.45, 2.75) is 25.2 Å². The maximum Gasteiger partial charge on any atom is 0.437 e. The van der Waals surface area contributed by atoms with E-state index in [4.69, 9.17) is 0 Å². The molecular formula is C13H11F6NO. The third-order valence-electron chi connectivity index (χ3n) is 2.89. The van der Waals surface area contributed by atoms with Crippen LogP contribution in [0.4, 0.5) is 26.3 Å². The number of alkyl halides is 6. The Hall–Kier alpha value is -1.73. The zero-order valence-electron chi connectivity index (χ0n) is 10.6. The van der Waals surface area contributed by atoms with Crippen LogP contribution in [0, 0.1) is 5.92 Å². The largest absolute Gasteiger partial charge is 0.437 e. The summed E-state index contributed by atoms with van der Waals surface area (Å²) in [6.07, 6.45) is -7.89. The lowest BCUT2D eigenvalue weighted by molar-refractivity contribution is -0.137. The third kappa shape index (κ3) is 4.37. The van der Waals surface area contributed by atoms with Gasteiger partial charge in [0.05, 0.1) is 5.56 Å². The minimum absolute atomic E-state index is 0.0402. The maximum atomic E-state index is 12.9. The molecule has 0 N–H and O–H groups in total. The van der Waals surface area contributed by atoms with Gasteiger partial charge in [0.2, 0.25) is 0 Å². The average molecular weight is 311 g/mol. The van der Waals surface area contributed by atoms with Crippen molar-refractivity contribution in [2.24, 2.45) is 11.1 Å². The molecule has 21 heavy (non-hydrogen) atoms. The number of rotatable bonds is 4. The van der Waals surface area contributed by atoms with Crippen LogP contribution in [-0.2, 0) is 11.0 Å². The molecule has 0 bridgehead atoms. The Morgan fingerprint density at radius 1 is 1.14 bits per heavy atom. The Bertz CT molecular complexity index is 530. The number of hydrogen-bond acceptors (Lipinski definition) is 2. The third-order valence-corrected chi connectivity index (χ3v) is 2.89. The molecular weight excluding hydrogens is 300 g/mol. The summed E-state index contributed by atoms with van der Waals surface area (Å²) in [4.78, 5) is 4.61. The first kappa shape index (κ1) is 15.7. The van der Waals surface area contributed by atoms with Gasteiger partial charge in [-0.3, -0.25) is 0 Å². The highest BCUT2D eigenvalue weighted by atomic mass is 19.4. The van der Waals surface area contributed by atoms with E-state index >= 15 is 0 Å². The van der Waals surface area contributed by atoms with E-state index in [0.29, 0.717) is 12.1 Å². The smallest absolute Gasteiger partial charge is 0.395 e. The van der Waals surface area contributed by atoms with E-state index in [0.717, 1.165) is 25.0 Å². The van der Waals surface area contributed by atoms with Crippen molar-refractivity contribution in [2.75, 3.05) is 6.61 Å². The molecule has 2 rings (SSSR count). The summed E-state index contributed by atoms with van der Waals surface area (Å²) in [7, 11) is 0. The fraction of sp³-hybridized carbons (Fsp3) is 0.462. The summed E-state index contributed by atoms with van der Waals surface area (Å²) in [6.45, 7) is 0.0402. The second-order valence-electron chi connectivity index (χ2n) is 4.76. The van der Waals surface area contributed by atoms with E-state index in [1.54, 1.807) is 0 Å². The summed E-state index contributed by atoms with van der Waals surface area (Å²) in [6, 6.07) is 2.93. The molecule has 0 amide bonds. The molecule has 0 spiro atoms. The van der Waals surface area contributed by atoms with Crippen molar-refractivity contribution in [3.05, 3.63) is 35.4 Å². The molecule has 1 aromatic carbocycles. The van der Waals surface area contributed by atoms with Crippen LogP contribution in [0.1, 0.15) is 24.0 Å². The number of nitrogens with zero attached hydrogens (tertiary/aromatic N) is 1. The average Bonchev–Trinajstić information content (AvgIpc) is 3.16. The van der Waals surface area contributed by atoms with Gasteiger partial charge in [-0.2, -0.15) is 26.3 Å². The second kappa shape index (κ2) is 5.57. The topological polar surface area (TPSA) is 21.6 Å². The molecule has 1 aliphatic rings. The van der Waals surface area contributed by atoms with Crippen LogP contribution in [0.15, 0.2) is 29.4 Å². The molecule has 0 atom stereocenters. The summed E-state index contributed by atoms with van der Waals surface area (Å²) in [5, 5.41) is 2.99. The minimum Gasteiger partial charge on any atom is -0.395 e. The zero-order chi connectivity index (χ0) is 15.7. The van der Waals surface area contributed by atoms with Gasteiger partial charge in [-0.1, -0.05) is 17.3 Å². The molecule has 0 aliphatic heterocycles. The van der Waals surface area contributed by atoms with Gasteiger partial charge in [0.25, 0.3) is 0 Å². The molecule has 1 aromatic rings. The molecule has 2 nitrogen and oxygen atoms in total.